The standard InChI is InChI=1S/C15H15BrN2O2/c16-12-6-5-11(13-10(12)4-3-7-17-13)14(15(19)20)18-8-1-2-9-18/h3-7,14H,1-2,8-9H2,(H,19,20). The predicted octanol–water partition coefficient (Wildman–Crippen LogP) is 3.22. The van der Waals surface area contributed by atoms with Crippen molar-refractivity contribution in [3.63, 3.8) is 0 Å². The molecule has 0 aliphatic carbocycles. The fourth-order valence-electron chi connectivity index (χ4n) is 2.87. The minimum atomic E-state index is -0.804. The number of carbonyl (C=O) groups is 1. The first-order chi connectivity index (χ1) is 9.68. The van der Waals surface area contributed by atoms with E-state index in [-0.39, 0.29) is 0 Å². The van der Waals surface area contributed by atoms with Crippen LogP contribution in [0, 0.1) is 0 Å². The van der Waals surface area contributed by atoms with E-state index in [4.69, 9.17) is 0 Å². The number of pyridine rings is 1. The number of fused-ring (bicyclic) bond motifs is 1. The Morgan fingerprint density at radius 1 is 1.30 bits per heavy atom. The Bertz CT molecular complexity index is 653. The van der Waals surface area contributed by atoms with E-state index >= 15 is 0 Å². The van der Waals surface area contributed by atoms with E-state index in [1.165, 1.54) is 0 Å². The van der Waals surface area contributed by atoms with Crippen molar-refractivity contribution in [1.29, 1.82) is 0 Å². The van der Waals surface area contributed by atoms with Gasteiger partial charge in [0.05, 0.1) is 5.52 Å². The third-order valence-corrected chi connectivity index (χ3v) is 4.47. The molecule has 1 atom stereocenters. The van der Waals surface area contributed by atoms with Crippen LogP contribution in [0.25, 0.3) is 10.9 Å². The molecule has 0 spiro atoms. The van der Waals surface area contributed by atoms with E-state index in [1.54, 1.807) is 6.20 Å². The largest absolute Gasteiger partial charge is 0.480 e. The Morgan fingerprint density at radius 2 is 2.05 bits per heavy atom. The Hall–Kier alpha value is -1.46. The minimum absolute atomic E-state index is 0.608. The van der Waals surface area contributed by atoms with Crippen molar-refractivity contribution in [1.82, 2.24) is 9.88 Å². The molecule has 1 saturated heterocycles. The summed E-state index contributed by atoms with van der Waals surface area (Å²) in [4.78, 5) is 18.2. The fourth-order valence-corrected chi connectivity index (χ4v) is 3.32. The van der Waals surface area contributed by atoms with Crippen LogP contribution in [-0.2, 0) is 4.79 Å². The van der Waals surface area contributed by atoms with Crippen LogP contribution in [0.4, 0.5) is 0 Å². The third-order valence-electron chi connectivity index (χ3n) is 3.78. The van der Waals surface area contributed by atoms with Crippen molar-refractivity contribution in [3.8, 4) is 0 Å². The van der Waals surface area contributed by atoms with Gasteiger partial charge in [-0.15, -0.1) is 0 Å². The number of carboxylic acids is 1. The van der Waals surface area contributed by atoms with Crippen LogP contribution in [-0.4, -0.2) is 34.0 Å². The van der Waals surface area contributed by atoms with Crippen molar-refractivity contribution >= 4 is 32.8 Å². The number of rotatable bonds is 3. The first kappa shape index (κ1) is 13.5. The molecule has 20 heavy (non-hydrogen) atoms. The summed E-state index contributed by atoms with van der Waals surface area (Å²) in [7, 11) is 0. The molecule has 5 heteroatoms. The number of aliphatic carboxylic acids is 1. The van der Waals surface area contributed by atoms with E-state index in [2.05, 4.69) is 20.9 Å². The zero-order valence-electron chi connectivity index (χ0n) is 10.9. The van der Waals surface area contributed by atoms with E-state index in [1.807, 2.05) is 29.2 Å². The van der Waals surface area contributed by atoms with Gasteiger partial charge in [-0.1, -0.05) is 28.1 Å². The SMILES string of the molecule is O=C(O)C(c1ccc(Br)c2cccnc12)N1CCCC1. The molecular weight excluding hydrogens is 320 g/mol. The van der Waals surface area contributed by atoms with Crippen LogP contribution in [0.1, 0.15) is 24.4 Å². The Morgan fingerprint density at radius 3 is 2.75 bits per heavy atom. The second kappa shape index (κ2) is 5.50. The quantitative estimate of drug-likeness (QED) is 0.936. The molecule has 3 rings (SSSR count). The molecule has 0 saturated carbocycles. The number of aromatic nitrogens is 1. The third kappa shape index (κ3) is 2.31. The first-order valence-electron chi connectivity index (χ1n) is 6.68. The second-order valence-electron chi connectivity index (χ2n) is 5.02. The van der Waals surface area contributed by atoms with Gasteiger partial charge >= 0.3 is 5.97 Å². The highest BCUT2D eigenvalue weighted by Gasteiger charge is 2.31. The lowest BCUT2D eigenvalue weighted by Gasteiger charge is -2.25. The van der Waals surface area contributed by atoms with Crippen LogP contribution in [0.15, 0.2) is 34.9 Å². The van der Waals surface area contributed by atoms with Crippen LogP contribution < -0.4 is 0 Å². The molecule has 2 heterocycles. The van der Waals surface area contributed by atoms with Gasteiger partial charge in [0.2, 0.25) is 0 Å². The summed E-state index contributed by atoms with van der Waals surface area (Å²) in [6, 6.07) is 6.99. The molecule has 0 amide bonds. The maximum Gasteiger partial charge on any atom is 0.325 e. The van der Waals surface area contributed by atoms with Crippen molar-refractivity contribution in [3.05, 3.63) is 40.5 Å². The van der Waals surface area contributed by atoms with Crippen LogP contribution in [0.2, 0.25) is 0 Å². The average Bonchev–Trinajstić information content (AvgIpc) is 2.95. The molecule has 0 bridgehead atoms. The van der Waals surface area contributed by atoms with Gasteiger partial charge in [-0.3, -0.25) is 14.7 Å². The average molecular weight is 335 g/mol. The summed E-state index contributed by atoms with van der Waals surface area (Å²) in [6.45, 7) is 1.67. The lowest BCUT2D eigenvalue weighted by molar-refractivity contribution is -0.143. The lowest BCUT2D eigenvalue weighted by atomic mass is 10.0. The Kier molecular flexibility index (Phi) is 3.72. The van der Waals surface area contributed by atoms with Crippen molar-refractivity contribution in [2.75, 3.05) is 13.1 Å². The molecule has 1 aromatic carbocycles. The van der Waals surface area contributed by atoms with Gasteiger partial charge in [0.25, 0.3) is 0 Å². The smallest absolute Gasteiger partial charge is 0.325 e. The summed E-state index contributed by atoms with van der Waals surface area (Å²) in [5, 5.41) is 10.6. The zero-order valence-corrected chi connectivity index (χ0v) is 12.5. The summed E-state index contributed by atoms with van der Waals surface area (Å²) in [5.41, 5.74) is 1.54. The molecule has 1 N–H and O–H groups in total. The van der Waals surface area contributed by atoms with Gasteiger partial charge in [0.1, 0.15) is 6.04 Å². The second-order valence-corrected chi connectivity index (χ2v) is 5.87. The Balaban J connectivity index is 2.16. The van der Waals surface area contributed by atoms with Crippen LogP contribution in [0.5, 0.6) is 0 Å². The number of carboxylic acid groups (broad SMARTS) is 1. The molecule has 0 radical (unpaired) electrons. The van der Waals surface area contributed by atoms with Crippen LogP contribution >= 0.6 is 15.9 Å². The molecule has 1 fully saturated rings. The van der Waals surface area contributed by atoms with E-state index in [0.29, 0.717) is 0 Å². The molecule has 1 aliphatic heterocycles. The molecule has 1 aliphatic rings. The number of benzene rings is 1. The summed E-state index contributed by atoms with van der Waals surface area (Å²) < 4.78 is 0.940. The van der Waals surface area contributed by atoms with E-state index in [9.17, 15) is 9.90 Å². The molecule has 4 nitrogen and oxygen atoms in total. The van der Waals surface area contributed by atoms with Gasteiger partial charge in [-0.05, 0) is 38.1 Å². The number of nitrogens with zero attached hydrogens (tertiary/aromatic N) is 2. The summed E-state index contributed by atoms with van der Waals surface area (Å²) >= 11 is 3.50. The number of likely N-dealkylation sites (tertiary alicyclic amines) is 1. The van der Waals surface area contributed by atoms with Gasteiger partial charge in [-0.2, -0.15) is 0 Å². The van der Waals surface area contributed by atoms with Crippen molar-refractivity contribution in [2.45, 2.75) is 18.9 Å². The predicted molar refractivity (Wildman–Crippen MR) is 80.6 cm³/mol. The monoisotopic (exact) mass is 334 g/mol. The maximum atomic E-state index is 11.7. The molecule has 1 aromatic heterocycles. The van der Waals surface area contributed by atoms with Crippen molar-refractivity contribution < 1.29 is 9.90 Å². The molecule has 1 unspecified atom stereocenters. The zero-order chi connectivity index (χ0) is 14.1. The summed E-state index contributed by atoms with van der Waals surface area (Å²) in [5.74, 6) is -0.804. The van der Waals surface area contributed by atoms with Gasteiger partial charge < -0.3 is 5.11 Å². The number of hydrogen-bond donors (Lipinski definition) is 1. The molecular formula is C15H15BrN2O2. The molecule has 2 aromatic rings. The van der Waals surface area contributed by atoms with Crippen LogP contribution in [0.3, 0.4) is 0 Å². The Labute approximate surface area is 125 Å². The first-order valence-corrected chi connectivity index (χ1v) is 7.48. The number of hydrogen-bond acceptors (Lipinski definition) is 3. The van der Waals surface area contributed by atoms with E-state index < -0.39 is 12.0 Å². The highest BCUT2D eigenvalue weighted by atomic mass is 79.9. The lowest BCUT2D eigenvalue weighted by Crippen LogP contribution is -2.32. The van der Waals surface area contributed by atoms with Gasteiger partial charge in [0, 0.05) is 21.6 Å². The maximum absolute atomic E-state index is 11.7. The van der Waals surface area contributed by atoms with E-state index in [0.717, 1.165) is 46.9 Å². The van der Waals surface area contributed by atoms with Gasteiger partial charge in [0.15, 0.2) is 0 Å². The highest BCUT2D eigenvalue weighted by Crippen LogP contribution is 2.33. The fraction of sp³-hybridized carbons (Fsp3) is 0.333. The number of halogens is 1. The topological polar surface area (TPSA) is 53.4 Å². The molecule has 104 valence electrons. The van der Waals surface area contributed by atoms with Gasteiger partial charge in [-0.25, -0.2) is 0 Å². The summed E-state index contributed by atoms with van der Waals surface area (Å²) in [6.07, 6.45) is 3.83. The normalized spacial score (nSPS) is 17.4. The minimum Gasteiger partial charge on any atom is -0.480 e. The van der Waals surface area contributed by atoms with Crippen molar-refractivity contribution in [2.24, 2.45) is 0 Å². The highest BCUT2D eigenvalue weighted by molar-refractivity contribution is 9.10.